The van der Waals surface area contributed by atoms with Gasteiger partial charge >= 0.3 is 0 Å². The van der Waals surface area contributed by atoms with Crippen LogP contribution in [-0.2, 0) is 12.8 Å². The Labute approximate surface area is 347 Å². The Bertz CT molecular complexity index is 2870. The van der Waals surface area contributed by atoms with Gasteiger partial charge < -0.3 is 0 Å². The smallest absolute Gasteiger partial charge is 0.113 e. The molecule has 0 aliphatic carbocycles. The minimum Gasteiger partial charge on any atom is -0.172 e. The van der Waals surface area contributed by atoms with E-state index in [0.29, 0.717) is 5.92 Å². The van der Waals surface area contributed by atoms with E-state index in [0.717, 1.165) is 52.0 Å². The normalized spacial score (nSPS) is 12.8. The van der Waals surface area contributed by atoms with Crippen LogP contribution in [0, 0.1) is 11.8 Å². The Balaban J connectivity index is 1.08. The second-order valence-electron chi connectivity index (χ2n) is 16.4. The van der Waals surface area contributed by atoms with E-state index in [1.165, 1.54) is 110 Å². The molecule has 0 aliphatic heterocycles. The molecule has 0 N–H and O–H groups in total. The van der Waals surface area contributed by atoms with E-state index in [1.807, 2.05) is 0 Å². The first-order chi connectivity index (χ1) is 28.6. The summed E-state index contributed by atoms with van der Waals surface area (Å²) in [5.41, 5.74) is 14.4. The summed E-state index contributed by atoms with van der Waals surface area (Å²) in [6.07, 6.45) is 8.53. The maximum atomic E-state index is 4.98. The van der Waals surface area contributed by atoms with Crippen molar-refractivity contribution in [3.8, 4) is 44.5 Å². The van der Waals surface area contributed by atoms with Crippen molar-refractivity contribution < 1.29 is 0 Å². The first kappa shape index (κ1) is 37.9. The summed E-state index contributed by atoms with van der Waals surface area (Å²) in [6.45, 7) is 9.27. The molecule has 288 valence electrons. The van der Waals surface area contributed by atoms with E-state index in [4.69, 9.17) is 8.75 Å². The molecule has 3 heteroatoms. The fourth-order valence-electron chi connectivity index (χ4n) is 9.26. The van der Waals surface area contributed by atoms with Crippen LogP contribution in [-0.4, -0.2) is 8.75 Å². The molecule has 0 spiro atoms. The van der Waals surface area contributed by atoms with E-state index < -0.39 is 0 Å². The molecule has 2 nitrogen and oxygen atoms in total. The number of nitrogens with zero attached hydrogens (tertiary/aromatic N) is 2. The van der Waals surface area contributed by atoms with Crippen molar-refractivity contribution in [2.45, 2.75) is 72.6 Å². The highest BCUT2D eigenvalue weighted by Crippen LogP contribution is 2.44. The molecule has 0 radical (unpaired) electrons. The average Bonchev–Trinajstić information content (AvgIpc) is 3.76. The van der Waals surface area contributed by atoms with Crippen molar-refractivity contribution in [1.82, 2.24) is 8.75 Å². The highest BCUT2D eigenvalue weighted by molar-refractivity contribution is 7.00. The second-order valence-corrected chi connectivity index (χ2v) is 16.9. The third-order valence-electron chi connectivity index (χ3n) is 12.7. The van der Waals surface area contributed by atoms with E-state index >= 15 is 0 Å². The molecule has 0 amide bonds. The van der Waals surface area contributed by atoms with Crippen LogP contribution in [0.15, 0.2) is 146 Å². The summed E-state index contributed by atoms with van der Waals surface area (Å²) in [7, 11) is 0. The minimum absolute atomic E-state index is 0.661. The van der Waals surface area contributed by atoms with Gasteiger partial charge in [0.2, 0.25) is 0 Å². The molecule has 9 aromatic rings. The monoisotopic (exact) mass is 772 g/mol. The zero-order valence-corrected chi connectivity index (χ0v) is 35.1. The van der Waals surface area contributed by atoms with E-state index in [-0.39, 0.29) is 0 Å². The first-order valence-corrected chi connectivity index (χ1v) is 22.2. The van der Waals surface area contributed by atoms with Crippen LogP contribution in [0.5, 0.6) is 0 Å². The highest BCUT2D eigenvalue weighted by Gasteiger charge is 2.21. The first-order valence-electron chi connectivity index (χ1n) is 21.5. The lowest BCUT2D eigenvalue weighted by Crippen LogP contribution is -2.04. The molecule has 0 fully saturated rings. The number of unbranched alkanes of at least 4 members (excludes halogenated alkanes) is 1. The van der Waals surface area contributed by atoms with Crippen molar-refractivity contribution in [2.24, 2.45) is 11.8 Å². The molecule has 0 saturated heterocycles. The molecule has 9 rings (SSSR count). The van der Waals surface area contributed by atoms with Gasteiger partial charge in [-0.05, 0) is 102 Å². The zero-order valence-electron chi connectivity index (χ0n) is 34.3. The maximum Gasteiger partial charge on any atom is 0.113 e. The third-order valence-corrected chi connectivity index (χ3v) is 13.3. The van der Waals surface area contributed by atoms with Gasteiger partial charge in [-0.2, -0.15) is 8.75 Å². The fourth-order valence-corrected chi connectivity index (χ4v) is 9.82. The Morgan fingerprint density at radius 1 is 0.448 bits per heavy atom. The van der Waals surface area contributed by atoms with Crippen molar-refractivity contribution in [2.75, 3.05) is 0 Å². The molecule has 58 heavy (non-hydrogen) atoms. The number of hydrogen-bond acceptors (Lipinski definition) is 3. The molecule has 0 aliphatic rings. The van der Waals surface area contributed by atoms with Crippen LogP contribution >= 0.6 is 11.7 Å². The van der Waals surface area contributed by atoms with Crippen molar-refractivity contribution >= 4 is 55.1 Å². The summed E-state index contributed by atoms with van der Waals surface area (Å²) >= 11 is 1.30. The summed E-state index contributed by atoms with van der Waals surface area (Å²) in [4.78, 5) is 0. The SMILES string of the molecule is CCCCC(CC)Cc1ccc(-c2ccc(-c3c4ccccc4c(-c4ccc(-c5ccc(CC(C)CC)c6ccccc56)cc4)c4nsnc34)cc2)c2ccccc12. The quantitative estimate of drug-likeness (QED) is 0.117. The molecule has 2 atom stereocenters. The lowest BCUT2D eigenvalue weighted by molar-refractivity contribution is 0.450. The molecule has 0 saturated carbocycles. The van der Waals surface area contributed by atoms with Gasteiger partial charge in [0.25, 0.3) is 0 Å². The largest absolute Gasteiger partial charge is 0.172 e. The summed E-state index contributed by atoms with van der Waals surface area (Å²) in [6, 6.07) is 54.3. The van der Waals surface area contributed by atoms with Gasteiger partial charge in [0.05, 0.1) is 11.7 Å². The lowest BCUT2D eigenvalue weighted by atomic mass is 9.87. The molecular formula is C55H52N2S. The Hall–Kier alpha value is -5.64. The summed E-state index contributed by atoms with van der Waals surface area (Å²) < 4.78 is 9.95. The van der Waals surface area contributed by atoms with Crippen LogP contribution in [0.1, 0.15) is 70.9 Å². The van der Waals surface area contributed by atoms with Crippen molar-refractivity contribution in [1.29, 1.82) is 0 Å². The topological polar surface area (TPSA) is 25.8 Å². The standard InChI is InChI=1S/C55H52N2S/c1-5-8-15-37(7-3)35-43-31-33-47(49-19-12-10-17-45(43)49)39-24-28-41(29-25-39)53-51-21-14-13-20-50(51)52(54-55(53)57-58-56-54)40-26-22-38(23-27-40)46-32-30-42(34-36(4)6-2)44-16-9-11-18-48(44)46/h9-14,16-33,36-37H,5-8,15,34-35H2,1-4H3. The summed E-state index contributed by atoms with van der Waals surface area (Å²) in [5, 5.41) is 7.78. The third kappa shape index (κ3) is 7.11. The van der Waals surface area contributed by atoms with Gasteiger partial charge in [0.1, 0.15) is 11.0 Å². The minimum atomic E-state index is 0.661. The Morgan fingerprint density at radius 2 is 0.879 bits per heavy atom. The molecule has 1 heterocycles. The van der Waals surface area contributed by atoms with Gasteiger partial charge in [-0.15, -0.1) is 0 Å². The fraction of sp³-hybridized carbons (Fsp3) is 0.236. The zero-order chi connectivity index (χ0) is 39.6. The van der Waals surface area contributed by atoms with Gasteiger partial charge in [0, 0.05) is 11.1 Å². The molecular weight excluding hydrogens is 721 g/mol. The number of rotatable bonds is 13. The predicted octanol–water partition coefficient (Wildman–Crippen LogP) is 16.2. The van der Waals surface area contributed by atoms with Crippen LogP contribution in [0.2, 0.25) is 0 Å². The number of benzene rings is 8. The second kappa shape index (κ2) is 16.7. The van der Waals surface area contributed by atoms with Crippen molar-refractivity contribution in [3.63, 3.8) is 0 Å². The van der Waals surface area contributed by atoms with Gasteiger partial charge in [-0.3, -0.25) is 0 Å². The van der Waals surface area contributed by atoms with Crippen LogP contribution in [0.3, 0.4) is 0 Å². The maximum absolute atomic E-state index is 4.98. The Morgan fingerprint density at radius 3 is 1.33 bits per heavy atom. The van der Waals surface area contributed by atoms with E-state index in [2.05, 4.69) is 173 Å². The van der Waals surface area contributed by atoms with E-state index in [9.17, 15) is 0 Å². The Kier molecular flexibility index (Phi) is 10.9. The summed E-state index contributed by atoms with van der Waals surface area (Å²) in [5.74, 6) is 1.39. The number of aromatic nitrogens is 2. The lowest BCUT2D eigenvalue weighted by Gasteiger charge is -2.18. The van der Waals surface area contributed by atoms with Crippen LogP contribution < -0.4 is 0 Å². The number of fused-ring (bicyclic) bond motifs is 4. The number of hydrogen-bond donors (Lipinski definition) is 0. The predicted molar refractivity (Wildman–Crippen MR) is 252 cm³/mol. The van der Waals surface area contributed by atoms with Crippen LogP contribution in [0.25, 0.3) is 87.9 Å². The van der Waals surface area contributed by atoms with Gasteiger partial charge in [0.15, 0.2) is 0 Å². The van der Waals surface area contributed by atoms with E-state index in [1.54, 1.807) is 0 Å². The molecule has 8 aromatic carbocycles. The molecule has 2 unspecified atom stereocenters. The highest BCUT2D eigenvalue weighted by atomic mass is 32.1. The van der Waals surface area contributed by atoms with Gasteiger partial charge in [-0.1, -0.05) is 205 Å². The average molecular weight is 773 g/mol. The van der Waals surface area contributed by atoms with Gasteiger partial charge in [-0.25, -0.2) is 0 Å². The molecule has 1 aromatic heterocycles. The van der Waals surface area contributed by atoms with Crippen molar-refractivity contribution in [3.05, 3.63) is 157 Å². The van der Waals surface area contributed by atoms with Crippen LogP contribution in [0.4, 0.5) is 0 Å². The molecule has 0 bridgehead atoms.